The summed E-state index contributed by atoms with van der Waals surface area (Å²) in [6.07, 6.45) is 1.83. The first-order chi connectivity index (χ1) is 10.9. The van der Waals surface area contributed by atoms with E-state index >= 15 is 0 Å². The molecule has 122 valence electrons. The molecule has 23 heavy (non-hydrogen) atoms. The lowest BCUT2D eigenvalue weighted by molar-refractivity contribution is -0.137. The van der Waals surface area contributed by atoms with E-state index in [0.29, 0.717) is 6.42 Å². The zero-order valence-electron chi connectivity index (χ0n) is 12.2. The van der Waals surface area contributed by atoms with Crippen molar-refractivity contribution in [2.45, 2.75) is 13.3 Å². The molecule has 0 spiro atoms. The van der Waals surface area contributed by atoms with Crippen LogP contribution in [0.25, 0.3) is 5.69 Å². The number of rotatable bonds is 6. The highest BCUT2D eigenvalue weighted by atomic mass is 35.5. The second kappa shape index (κ2) is 7.19. The molecule has 2 rings (SSSR count). The fraction of sp³-hybridized carbons (Fsp3) is 0.286. The normalized spacial score (nSPS) is 10.6. The van der Waals surface area contributed by atoms with Crippen LogP contribution in [-0.4, -0.2) is 50.0 Å². The number of benzene rings is 1. The predicted octanol–water partition coefficient (Wildman–Crippen LogP) is 2.00. The van der Waals surface area contributed by atoms with Crippen LogP contribution in [0, 0.1) is 5.82 Å². The van der Waals surface area contributed by atoms with Gasteiger partial charge >= 0.3 is 5.97 Å². The lowest BCUT2D eigenvalue weighted by Crippen LogP contribution is -2.36. The van der Waals surface area contributed by atoms with Gasteiger partial charge in [0.25, 0.3) is 5.91 Å². The topological polar surface area (TPSA) is 88.3 Å². The summed E-state index contributed by atoms with van der Waals surface area (Å²) in [5, 5.41) is 16.2. The molecular weight excluding hydrogens is 327 g/mol. The maximum Gasteiger partial charge on any atom is 0.323 e. The highest BCUT2D eigenvalue weighted by Gasteiger charge is 2.21. The van der Waals surface area contributed by atoms with Gasteiger partial charge in [0.1, 0.15) is 12.2 Å². The van der Waals surface area contributed by atoms with Crippen molar-refractivity contribution >= 4 is 23.5 Å². The molecule has 0 saturated carbocycles. The molecule has 9 heteroatoms. The molecule has 0 saturated heterocycles. The van der Waals surface area contributed by atoms with Crippen LogP contribution in [0.5, 0.6) is 0 Å². The van der Waals surface area contributed by atoms with E-state index in [1.807, 2.05) is 6.92 Å². The number of hydrogen-bond acceptors (Lipinski definition) is 4. The molecule has 2 aromatic rings. The quantitative estimate of drug-likeness (QED) is 0.868. The zero-order valence-corrected chi connectivity index (χ0v) is 13.0. The molecule has 0 fully saturated rings. The molecule has 0 radical (unpaired) electrons. The number of carbonyl (C=O) groups excluding carboxylic acids is 1. The molecule has 0 bridgehead atoms. The molecule has 1 aromatic heterocycles. The first kappa shape index (κ1) is 16.9. The minimum absolute atomic E-state index is 0.0457. The number of carboxylic acid groups (broad SMARTS) is 1. The maximum atomic E-state index is 14.0. The van der Waals surface area contributed by atoms with Crippen molar-refractivity contribution in [3.8, 4) is 5.69 Å². The van der Waals surface area contributed by atoms with Gasteiger partial charge in [-0.05, 0) is 18.6 Å². The van der Waals surface area contributed by atoms with Crippen molar-refractivity contribution in [2.24, 2.45) is 0 Å². The summed E-state index contributed by atoms with van der Waals surface area (Å²) in [4.78, 5) is 24.3. The Labute approximate surface area is 136 Å². The van der Waals surface area contributed by atoms with Crippen molar-refractivity contribution in [1.82, 2.24) is 19.9 Å². The van der Waals surface area contributed by atoms with Crippen LogP contribution in [-0.2, 0) is 4.79 Å². The van der Waals surface area contributed by atoms with E-state index in [2.05, 4.69) is 10.3 Å². The van der Waals surface area contributed by atoms with Crippen molar-refractivity contribution in [3.63, 3.8) is 0 Å². The molecule has 0 unspecified atom stereocenters. The van der Waals surface area contributed by atoms with Gasteiger partial charge in [0, 0.05) is 6.54 Å². The number of hydrogen-bond donors (Lipinski definition) is 1. The Morgan fingerprint density at radius 1 is 1.43 bits per heavy atom. The third-order valence-electron chi connectivity index (χ3n) is 3.00. The molecule has 0 aliphatic carbocycles. The summed E-state index contributed by atoms with van der Waals surface area (Å²) < 4.78 is 15.0. The van der Waals surface area contributed by atoms with Crippen LogP contribution in [0.3, 0.4) is 0 Å². The Balaban J connectivity index is 2.28. The van der Waals surface area contributed by atoms with Crippen molar-refractivity contribution in [2.75, 3.05) is 13.1 Å². The van der Waals surface area contributed by atoms with Gasteiger partial charge in [-0.1, -0.05) is 29.8 Å². The van der Waals surface area contributed by atoms with E-state index in [1.165, 1.54) is 24.4 Å². The molecule has 1 amide bonds. The number of carbonyl (C=O) groups is 2. The van der Waals surface area contributed by atoms with Crippen molar-refractivity contribution < 1.29 is 19.1 Å². The Bertz CT molecular complexity index is 735. The first-order valence-corrected chi connectivity index (χ1v) is 7.19. The molecule has 0 aliphatic heterocycles. The molecule has 0 aliphatic rings. The monoisotopic (exact) mass is 340 g/mol. The molecule has 1 aromatic carbocycles. The number of aliphatic carboxylic acids is 1. The molecule has 1 N–H and O–H groups in total. The summed E-state index contributed by atoms with van der Waals surface area (Å²) in [6, 6.07) is 4.36. The van der Waals surface area contributed by atoms with Gasteiger partial charge < -0.3 is 10.0 Å². The van der Waals surface area contributed by atoms with E-state index in [9.17, 15) is 14.0 Å². The summed E-state index contributed by atoms with van der Waals surface area (Å²) in [7, 11) is 0. The van der Waals surface area contributed by atoms with Gasteiger partial charge in [0.05, 0.1) is 11.2 Å². The highest BCUT2D eigenvalue weighted by molar-refractivity contribution is 6.30. The summed E-state index contributed by atoms with van der Waals surface area (Å²) in [5.41, 5.74) is -0.0246. The minimum atomic E-state index is -1.12. The van der Waals surface area contributed by atoms with Crippen molar-refractivity contribution in [1.29, 1.82) is 0 Å². The van der Waals surface area contributed by atoms with Crippen LogP contribution in [0.15, 0.2) is 24.4 Å². The minimum Gasteiger partial charge on any atom is -0.480 e. The summed E-state index contributed by atoms with van der Waals surface area (Å²) in [6.45, 7) is 1.65. The van der Waals surface area contributed by atoms with E-state index < -0.39 is 24.2 Å². The Morgan fingerprint density at radius 3 is 2.83 bits per heavy atom. The average Bonchev–Trinajstić information content (AvgIpc) is 2.98. The van der Waals surface area contributed by atoms with Crippen LogP contribution in [0.2, 0.25) is 5.02 Å². The standard InChI is InChI=1S/C14H14ClFN4O3/c1-2-6-19(8-12(21)22)14(23)10-7-20(18-17-10)11-5-3-4-9(15)13(11)16/h3-5,7H,2,6,8H2,1H3,(H,21,22). The number of amides is 1. The van der Waals surface area contributed by atoms with Crippen molar-refractivity contribution in [3.05, 3.63) is 40.9 Å². The predicted molar refractivity (Wildman–Crippen MR) is 80.2 cm³/mol. The summed E-state index contributed by atoms with van der Waals surface area (Å²) in [5.74, 6) is -2.39. The Hall–Kier alpha value is -2.48. The lowest BCUT2D eigenvalue weighted by Gasteiger charge is -2.18. The average molecular weight is 341 g/mol. The van der Waals surface area contributed by atoms with E-state index in [1.54, 1.807) is 0 Å². The van der Waals surface area contributed by atoms with Crippen LogP contribution in [0.4, 0.5) is 4.39 Å². The van der Waals surface area contributed by atoms with E-state index in [0.717, 1.165) is 9.58 Å². The van der Waals surface area contributed by atoms with E-state index in [-0.39, 0.29) is 22.9 Å². The third-order valence-corrected chi connectivity index (χ3v) is 3.29. The highest BCUT2D eigenvalue weighted by Crippen LogP contribution is 2.20. The number of nitrogens with zero attached hydrogens (tertiary/aromatic N) is 4. The zero-order chi connectivity index (χ0) is 17.0. The van der Waals surface area contributed by atoms with Crippen LogP contribution >= 0.6 is 11.6 Å². The second-order valence-electron chi connectivity index (χ2n) is 4.74. The molecule has 7 nitrogen and oxygen atoms in total. The first-order valence-electron chi connectivity index (χ1n) is 6.81. The van der Waals surface area contributed by atoms with Gasteiger partial charge in [-0.3, -0.25) is 9.59 Å². The summed E-state index contributed by atoms with van der Waals surface area (Å²) >= 11 is 5.71. The van der Waals surface area contributed by atoms with Gasteiger partial charge in [0.2, 0.25) is 0 Å². The van der Waals surface area contributed by atoms with E-state index in [4.69, 9.17) is 16.7 Å². The van der Waals surface area contributed by atoms with Gasteiger partial charge in [0.15, 0.2) is 11.5 Å². The lowest BCUT2D eigenvalue weighted by atomic mass is 10.3. The second-order valence-corrected chi connectivity index (χ2v) is 5.15. The fourth-order valence-corrected chi connectivity index (χ4v) is 2.17. The molecular formula is C14H14ClFN4O3. The fourth-order valence-electron chi connectivity index (χ4n) is 2.00. The smallest absolute Gasteiger partial charge is 0.323 e. The maximum absolute atomic E-state index is 14.0. The van der Waals surface area contributed by atoms with Gasteiger partial charge in [-0.2, -0.15) is 0 Å². The number of carboxylic acids is 1. The SMILES string of the molecule is CCCN(CC(=O)O)C(=O)c1cn(-c2cccc(Cl)c2F)nn1. The van der Waals surface area contributed by atoms with Crippen LogP contribution < -0.4 is 0 Å². The van der Waals surface area contributed by atoms with Gasteiger partial charge in [-0.15, -0.1) is 5.10 Å². The van der Waals surface area contributed by atoms with Crippen LogP contribution in [0.1, 0.15) is 23.8 Å². The number of aromatic nitrogens is 3. The molecule has 1 heterocycles. The largest absolute Gasteiger partial charge is 0.480 e. The number of halogens is 2. The third kappa shape index (κ3) is 3.84. The van der Waals surface area contributed by atoms with Gasteiger partial charge in [-0.25, -0.2) is 9.07 Å². The Kier molecular flexibility index (Phi) is 5.28. The Morgan fingerprint density at radius 2 is 2.17 bits per heavy atom. The molecule has 0 atom stereocenters.